The molecule has 3 atom stereocenters. The highest BCUT2D eigenvalue weighted by atomic mass is 16.5. The van der Waals surface area contributed by atoms with E-state index in [1.165, 1.54) is 25.7 Å². The van der Waals surface area contributed by atoms with Gasteiger partial charge in [-0.2, -0.15) is 0 Å². The van der Waals surface area contributed by atoms with Gasteiger partial charge in [-0.25, -0.2) is 0 Å². The molecular weight excluding hydrogens is 250 g/mol. The van der Waals surface area contributed by atoms with Gasteiger partial charge in [0.25, 0.3) is 0 Å². The second-order valence-electron chi connectivity index (χ2n) is 6.48. The first-order chi connectivity index (χ1) is 9.81. The van der Waals surface area contributed by atoms with Gasteiger partial charge in [0.15, 0.2) is 5.72 Å². The zero-order chi connectivity index (χ0) is 13.6. The zero-order valence-electron chi connectivity index (χ0n) is 11.9. The summed E-state index contributed by atoms with van der Waals surface area (Å²) in [6, 6.07) is 8.03. The van der Waals surface area contributed by atoms with Crippen LogP contribution in [0.2, 0.25) is 0 Å². The molecule has 0 radical (unpaired) electrons. The number of hydrogen-bond donors (Lipinski definition) is 1. The summed E-state index contributed by atoms with van der Waals surface area (Å²) >= 11 is 0. The highest BCUT2D eigenvalue weighted by Crippen LogP contribution is 2.52. The van der Waals surface area contributed by atoms with E-state index in [-0.39, 0.29) is 17.7 Å². The Bertz CT molecular complexity index is 498. The fourth-order valence-electron chi connectivity index (χ4n) is 4.46. The molecule has 0 amide bonds. The number of hydrogen-bond acceptors (Lipinski definition) is 3. The Balaban J connectivity index is 1.79. The molecule has 1 aliphatic carbocycles. The van der Waals surface area contributed by atoms with E-state index < -0.39 is 0 Å². The molecule has 2 aliphatic heterocycles. The summed E-state index contributed by atoms with van der Waals surface area (Å²) in [7, 11) is 0. The largest absolute Gasteiger partial charge is 0.472 e. The summed E-state index contributed by atoms with van der Waals surface area (Å²) in [5.41, 5.74) is 0.733. The molecule has 0 aromatic heterocycles. The van der Waals surface area contributed by atoms with Gasteiger partial charge in [0.05, 0.1) is 6.10 Å². The van der Waals surface area contributed by atoms with E-state index in [2.05, 4.69) is 4.90 Å². The van der Waals surface area contributed by atoms with Crippen molar-refractivity contribution in [3.05, 3.63) is 29.8 Å². The van der Waals surface area contributed by atoms with Crippen molar-refractivity contribution in [2.75, 3.05) is 13.1 Å². The van der Waals surface area contributed by atoms with E-state index in [9.17, 15) is 5.11 Å². The Morgan fingerprint density at radius 2 is 1.90 bits per heavy atom. The first-order valence-electron chi connectivity index (χ1n) is 8.02. The van der Waals surface area contributed by atoms with Gasteiger partial charge in [-0.15, -0.1) is 0 Å². The van der Waals surface area contributed by atoms with Crippen LogP contribution in [0.15, 0.2) is 24.3 Å². The maximum absolute atomic E-state index is 10.9. The molecule has 3 heteroatoms. The number of likely N-dealkylation sites (tertiary alicyclic amines) is 1. The van der Waals surface area contributed by atoms with Gasteiger partial charge in [0.2, 0.25) is 0 Å². The van der Waals surface area contributed by atoms with Crippen molar-refractivity contribution >= 4 is 0 Å². The molecule has 1 saturated carbocycles. The first kappa shape index (κ1) is 12.7. The molecule has 1 saturated heterocycles. The second-order valence-corrected chi connectivity index (χ2v) is 6.48. The molecule has 3 unspecified atom stereocenters. The molecule has 1 aromatic rings. The average molecular weight is 273 g/mol. The van der Waals surface area contributed by atoms with Gasteiger partial charge < -0.3 is 9.84 Å². The van der Waals surface area contributed by atoms with Crippen LogP contribution >= 0.6 is 0 Å². The molecule has 1 N–H and O–H groups in total. The number of ether oxygens (including phenoxy) is 1. The monoisotopic (exact) mass is 273 g/mol. The van der Waals surface area contributed by atoms with E-state index in [4.69, 9.17) is 4.74 Å². The number of fused-ring (bicyclic) bond motifs is 2. The summed E-state index contributed by atoms with van der Waals surface area (Å²) in [5, 5.41) is 10.9. The third kappa shape index (κ3) is 1.73. The van der Waals surface area contributed by atoms with Crippen molar-refractivity contribution in [1.82, 2.24) is 4.90 Å². The van der Waals surface area contributed by atoms with Crippen LogP contribution in [0.5, 0.6) is 5.75 Å². The topological polar surface area (TPSA) is 32.7 Å². The number of para-hydroxylation sites is 1. The van der Waals surface area contributed by atoms with E-state index in [0.717, 1.165) is 37.2 Å². The minimum absolute atomic E-state index is 0.226. The lowest BCUT2D eigenvalue weighted by molar-refractivity contribution is -0.184. The highest BCUT2D eigenvalue weighted by Gasteiger charge is 2.54. The van der Waals surface area contributed by atoms with Crippen molar-refractivity contribution in [3.63, 3.8) is 0 Å². The van der Waals surface area contributed by atoms with Gasteiger partial charge in [-0.1, -0.05) is 24.6 Å². The number of aliphatic hydroxyl groups is 1. The van der Waals surface area contributed by atoms with Crippen molar-refractivity contribution in [3.8, 4) is 5.75 Å². The average Bonchev–Trinajstić information content (AvgIpc) is 3.02. The van der Waals surface area contributed by atoms with Crippen molar-refractivity contribution in [2.24, 2.45) is 5.92 Å². The van der Waals surface area contributed by atoms with Gasteiger partial charge in [0.1, 0.15) is 5.75 Å². The third-order valence-corrected chi connectivity index (χ3v) is 5.43. The fourth-order valence-corrected chi connectivity index (χ4v) is 4.46. The predicted octanol–water partition coefficient (Wildman–Crippen LogP) is 3.09. The molecule has 108 valence electrons. The molecule has 4 rings (SSSR count). The molecule has 3 nitrogen and oxygen atoms in total. The number of rotatable bonds is 1. The lowest BCUT2D eigenvalue weighted by Gasteiger charge is -2.53. The lowest BCUT2D eigenvalue weighted by Crippen LogP contribution is -2.61. The minimum atomic E-state index is -0.374. The number of aliphatic hydroxyl groups excluding tert-OH is 1. The van der Waals surface area contributed by atoms with E-state index in [1.54, 1.807) is 0 Å². The predicted molar refractivity (Wildman–Crippen MR) is 77.5 cm³/mol. The SMILES string of the molecule is OC1c2ccccc2OC2(N3CCCC3)CCCCC12. The van der Waals surface area contributed by atoms with Crippen LogP contribution < -0.4 is 4.74 Å². The molecular formula is C17H23NO2. The van der Waals surface area contributed by atoms with Crippen LogP contribution in [0.25, 0.3) is 0 Å². The third-order valence-electron chi connectivity index (χ3n) is 5.43. The summed E-state index contributed by atoms with van der Waals surface area (Å²) in [6.45, 7) is 2.23. The number of benzene rings is 1. The number of nitrogens with zero attached hydrogens (tertiary/aromatic N) is 1. The summed E-state index contributed by atoms with van der Waals surface area (Å²) in [4.78, 5) is 2.51. The molecule has 0 bridgehead atoms. The summed E-state index contributed by atoms with van der Waals surface area (Å²) in [5.74, 6) is 1.12. The minimum Gasteiger partial charge on any atom is -0.472 e. The van der Waals surface area contributed by atoms with E-state index in [0.29, 0.717) is 0 Å². The van der Waals surface area contributed by atoms with Crippen molar-refractivity contribution in [1.29, 1.82) is 0 Å². The Kier molecular flexibility index (Phi) is 3.00. The first-order valence-corrected chi connectivity index (χ1v) is 8.02. The normalized spacial score (nSPS) is 37.0. The van der Waals surface area contributed by atoms with Crippen LogP contribution in [-0.2, 0) is 0 Å². The molecule has 3 aliphatic rings. The van der Waals surface area contributed by atoms with E-state index >= 15 is 0 Å². The van der Waals surface area contributed by atoms with Gasteiger partial charge >= 0.3 is 0 Å². The van der Waals surface area contributed by atoms with Crippen LogP contribution in [0, 0.1) is 5.92 Å². The molecule has 0 spiro atoms. The van der Waals surface area contributed by atoms with Gasteiger partial charge in [0, 0.05) is 31.0 Å². The lowest BCUT2D eigenvalue weighted by atomic mass is 9.73. The summed E-state index contributed by atoms with van der Waals surface area (Å²) < 4.78 is 6.54. The molecule has 2 fully saturated rings. The molecule has 20 heavy (non-hydrogen) atoms. The molecule has 1 aromatic carbocycles. The van der Waals surface area contributed by atoms with Crippen LogP contribution in [0.4, 0.5) is 0 Å². The van der Waals surface area contributed by atoms with E-state index in [1.807, 2.05) is 24.3 Å². The summed E-state index contributed by atoms with van der Waals surface area (Å²) in [6.07, 6.45) is 6.70. The highest BCUT2D eigenvalue weighted by molar-refractivity contribution is 5.39. The second kappa shape index (κ2) is 4.74. The van der Waals surface area contributed by atoms with Crippen LogP contribution in [0.3, 0.4) is 0 Å². The van der Waals surface area contributed by atoms with Crippen molar-refractivity contribution in [2.45, 2.75) is 50.4 Å². The van der Waals surface area contributed by atoms with Gasteiger partial charge in [-0.05, 0) is 31.7 Å². The standard InChI is InChI=1S/C17H23NO2/c19-16-13-7-1-2-9-15(13)20-17(18-11-5-6-12-18)10-4-3-8-14(16)17/h1-2,7,9,14,16,19H,3-6,8,10-12H2. The quantitative estimate of drug-likeness (QED) is 0.853. The Hall–Kier alpha value is -1.06. The van der Waals surface area contributed by atoms with Crippen LogP contribution in [0.1, 0.15) is 50.2 Å². The Labute approximate surface area is 120 Å². The van der Waals surface area contributed by atoms with Crippen LogP contribution in [-0.4, -0.2) is 28.8 Å². The Morgan fingerprint density at radius 1 is 1.10 bits per heavy atom. The Morgan fingerprint density at radius 3 is 2.75 bits per heavy atom. The zero-order valence-corrected chi connectivity index (χ0v) is 11.9. The maximum atomic E-state index is 10.9. The smallest absolute Gasteiger partial charge is 0.169 e. The van der Waals surface area contributed by atoms with Gasteiger partial charge in [-0.3, -0.25) is 4.90 Å². The van der Waals surface area contributed by atoms with Crippen molar-refractivity contribution < 1.29 is 9.84 Å². The fraction of sp³-hybridized carbons (Fsp3) is 0.647. The maximum Gasteiger partial charge on any atom is 0.169 e. The molecule has 2 heterocycles.